The molecule has 0 N–H and O–H groups in total. The van der Waals surface area contributed by atoms with E-state index in [-0.39, 0.29) is 0 Å². The summed E-state index contributed by atoms with van der Waals surface area (Å²) in [5.41, 5.74) is 0. The van der Waals surface area contributed by atoms with Crippen LogP contribution in [0.25, 0.3) is 0 Å². The van der Waals surface area contributed by atoms with E-state index >= 15 is 0 Å². The van der Waals surface area contributed by atoms with Crippen molar-refractivity contribution in [2.75, 3.05) is 27.7 Å². The average Bonchev–Trinajstić information content (AvgIpc) is 3.21. The van der Waals surface area contributed by atoms with Gasteiger partial charge in [0.05, 0.1) is 27.7 Å². The number of nitrogens with zero attached hydrogens (tertiary/aromatic N) is 1. The van der Waals surface area contributed by atoms with Crippen LogP contribution < -0.4 is 0 Å². The molecule has 0 spiro atoms. The molecule has 0 fully saturated rings. The van der Waals surface area contributed by atoms with Gasteiger partial charge in [-0.15, -0.1) is 0 Å². The first kappa shape index (κ1) is 58.0. The fourth-order valence-electron chi connectivity index (χ4n) is 9.50. The van der Waals surface area contributed by atoms with Gasteiger partial charge in [-0.1, -0.05) is 328 Å². The summed E-state index contributed by atoms with van der Waals surface area (Å²) < 4.78 is 1.12. The van der Waals surface area contributed by atoms with Crippen molar-refractivity contribution < 1.29 is 4.48 Å². The summed E-state index contributed by atoms with van der Waals surface area (Å²) in [4.78, 5) is 0. The van der Waals surface area contributed by atoms with Gasteiger partial charge in [0.15, 0.2) is 0 Å². The molecular weight excluding hydrogens is 699 g/mol. The molecule has 0 aliphatic heterocycles. The van der Waals surface area contributed by atoms with E-state index in [1.165, 1.54) is 340 Å². The topological polar surface area (TPSA) is 0 Å². The number of hydrogen-bond acceptors (Lipinski definition) is 0. The van der Waals surface area contributed by atoms with Gasteiger partial charge in [0.25, 0.3) is 0 Å². The van der Waals surface area contributed by atoms with Crippen molar-refractivity contribution in [2.45, 2.75) is 341 Å². The van der Waals surface area contributed by atoms with Crippen LogP contribution in [0.5, 0.6) is 0 Å². The van der Waals surface area contributed by atoms with Crippen LogP contribution in [-0.2, 0) is 0 Å². The van der Waals surface area contributed by atoms with Crippen molar-refractivity contribution in [2.24, 2.45) is 0 Å². The third kappa shape index (κ3) is 56.0. The normalized spacial score (nSPS) is 12.0. The lowest BCUT2D eigenvalue weighted by Gasteiger charge is -2.23. The summed E-state index contributed by atoms with van der Waals surface area (Å²) in [6.45, 7) is 3.65. The molecule has 1 heteroatoms. The Morgan fingerprint density at radius 1 is 0.155 bits per heavy atom. The SMILES string of the molecule is CCCCCCCCCCCCCCCCCCCCCCCCCCCCCCCCCCCCCCCCCCCCCCCCCCCCCC[N+](C)(C)C. The van der Waals surface area contributed by atoms with Crippen LogP contribution in [0, 0.1) is 0 Å². The minimum absolute atomic E-state index is 1.12. The molecule has 0 aromatic carbocycles. The van der Waals surface area contributed by atoms with E-state index in [9.17, 15) is 0 Å². The minimum atomic E-state index is 1.12. The maximum absolute atomic E-state index is 2.31. The van der Waals surface area contributed by atoms with E-state index in [0.717, 1.165) is 4.48 Å². The number of hydrogen-bond donors (Lipinski definition) is 0. The molecule has 0 unspecified atom stereocenters. The van der Waals surface area contributed by atoms with E-state index < -0.39 is 0 Å². The standard InChI is InChI=1S/C57H118N/c1-5-6-7-8-9-10-11-12-13-14-15-16-17-18-19-20-21-22-23-24-25-26-27-28-29-30-31-32-33-34-35-36-37-38-39-40-41-42-43-44-45-46-47-48-49-50-51-52-53-54-55-56-57-58(2,3)4/h5-57H2,1-4H3/q+1. The van der Waals surface area contributed by atoms with E-state index in [1.54, 1.807) is 0 Å². The van der Waals surface area contributed by atoms with Gasteiger partial charge in [0, 0.05) is 0 Å². The van der Waals surface area contributed by atoms with Crippen LogP contribution in [0.4, 0.5) is 0 Å². The molecule has 1 nitrogen and oxygen atoms in total. The summed E-state index contributed by atoms with van der Waals surface area (Å²) in [6.07, 6.45) is 77.3. The summed E-state index contributed by atoms with van der Waals surface area (Å²) in [7, 11) is 6.94. The Kier molecular flexibility index (Phi) is 51.3. The second-order valence-electron chi connectivity index (χ2n) is 21.0. The largest absolute Gasteiger partial charge is 0.331 e. The maximum Gasteiger partial charge on any atom is 0.0780 e. The zero-order valence-corrected chi connectivity index (χ0v) is 41.9. The fraction of sp³-hybridized carbons (Fsp3) is 1.00. The molecule has 350 valence electrons. The number of quaternary nitrogens is 1. The Hall–Kier alpha value is -0.0400. The Bertz CT molecular complexity index is 692. The van der Waals surface area contributed by atoms with Crippen molar-refractivity contribution in [3.63, 3.8) is 0 Å². The molecule has 0 saturated carbocycles. The monoisotopic (exact) mass is 817 g/mol. The zero-order valence-electron chi connectivity index (χ0n) is 41.9. The third-order valence-electron chi connectivity index (χ3n) is 13.7. The summed E-state index contributed by atoms with van der Waals surface area (Å²) in [5, 5.41) is 0. The van der Waals surface area contributed by atoms with Gasteiger partial charge in [0.1, 0.15) is 0 Å². The van der Waals surface area contributed by atoms with Crippen LogP contribution in [-0.4, -0.2) is 32.2 Å². The molecule has 0 aliphatic rings. The average molecular weight is 818 g/mol. The molecule has 0 rings (SSSR count). The van der Waals surface area contributed by atoms with Crippen molar-refractivity contribution in [3.05, 3.63) is 0 Å². The highest BCUT2D eigenvalue weighted by Gasteiger charge is 2.05. The molecule has 0 saturated heterocycles. The van der Waals surface area contributed by atoms with Gasteiger partial charge >= 0.3 is 0 Å². The van der Waals surface area contributed by atoms with Gasteiger partial charge in [-0.3, -0.25) is 0 Å². The first-order chi connectivity index (χ1) is 28.6. The quantitative estimate of drug-likeness (QED) is 0.0424. The highest BCUT2D eigenvalue weighted by atomic mass is 15.3. The Labute approximate surface area is 371 Å². The van der Waals surface area contributed by atoms with E-state index in [1.807, 2.05) is 0 Å². The molecule has 0 aliphatic carbocycles. The van der Waals surface area contributed by atoms with Crippen molar-refractivity contribution in [1.82, 2.24) is 0 Å². The van der Waals surface area contributed by atoms with Gasteiger partial charge < -0.3 is 4.48 Å². The zero-order chi connectivity index (χ0) is 42.0. The lowest BCUT2D eigenvalue weighted by molar-refractivity contribution is -0.870. The molecule has 0 bridgehead atoms. The summed E-state index contributed by atoms with van der Waals surface area (Å²) in [6, 6.07) is 0. The molecule has 0 amide bonds. The van der Waals surface area contributed by atoms with E-state index in [0.29, 0.717) is 0 Å². The molecule has 0 radical (unpaired) electrons. The first-order valence-corrected chi connectivity index (χ1v) is 28.4. The Balaban J connectivity index is 3.07. The van der Waals surface area contributed by atoms with Crippen LogP contribution in [0.15, 0.2) is 0 Å². The number of rotatable bonds is 53. The molecule has 0 atom stereocenters. The predicted molar refractivity (Wildman–Crippen MR) is 269 cm³/mol. The second kappa shape index (κ2) is 51.3. The Morgan fingerprint density at radius 2 is 0.259 bits per heavy atom. The van der Waals surface area contributed by atoms with Gasteiger partial charge in [-0.25, -0.2) is 0 Å². The lowest BCUT2D eigenvalue weighted by atomic mass is 10.0. The van der Waals surface area contributed by atoms with E-state index in [4.69, 9.17) is 0 Å². The smallest absolute Gasteiger partial charge is 0.0780 e. The van der Waals surface area contributed by atoms with Gasteiger partial charge in [-0.05, 0) is 12.8 Å². The summed E-state index contributed by atoms with van der Waals surface area (Å²) in [5.74, 6) is 0. The number of unbranched alkanes of at least 4 members (excludes halogenated alkanes) is 51. The fourth-order valence-corrected chi connectivity index (χ4v) is 9.50. The highest BCUT2D eigenvalue weighted by molar-refractivity contribution is 4.55. The van der Waals surface area contributed by atoms with Gasteiger partial charge in [-0.2, -0.15) is 0 Å². The summed E-state index contributed by atoms with van der Waals surface area (Å²) >= 11 is 0. The van der Waals surface area contributed by atoms with Crippen molar-refractivity contribution in [1.29, 1.82) is 0 Å². The molecular formula is C57H118N+. The van der Waals surface area contributed by atoms with Crippen LogP contribution in [0.2, 0.25) is 0 Å². The van der Waals surface area contributed by atoms with E-state index in [2.05, 4.69) is 28.1 Å². The Morgan fingerprint density at radius 3 is 0.362 bits per heavy atom. The third-order valence-corrected chi connectivity index (χ3v) is 13.7. The van der Waals surface area contributed by atoms with Crippen LogP contribution in [0.1, 0.15) is 341 Å². The lowest BCUT2D eigenvalue weighted by Crippen LogP contribution is -2.35. The predicted octanol–water partition coefficient (Wildman–Crippen LogP) is 21.0. The van der Waals surface area contributed by atoms with Gasteiger partial charge in [0.2, 0.25) is 0 Å². The molecule has 0 aromatic heterocycles. The molecule has 0 heterocycles. The van der Waals surface area contributed by atoms with Crippen LogP contribution >= 0.6 is 0 Å². The van der Waals surface area contributed by atoms with Crippen molar-refractivity contribution in [3.8, 4) is 0 Å². The van der Waals surface area contributed by atoms with Crippen molar-refractivity contribution >= 4 is 0 Å². The molecule has 58 heavy (non-hydrogen) atoms. The van der Waals surface area contributed by atoms with Crippen LogP contribution in [0.3, 0.4) is 0 Å². The first-order valence-electron chi connectivity index (χ1n) is 28.4. The maximum atomic E-state index is 2.31. The minimum Gasteiger partial charge on any atom is -0.331 e. The highest BCUT2D eigenvalue weighted by Crippen LogP contribution is 2.19. The molecule has 0 aromatic rings. The second-order valence-corrected chi connectivity index (χ2v) is 21.0.